The van der Waals surface area contributed by atoms with E-state index in [1.54, 1.807) is 0 Å². The highest BCUT2D eigenvalue weighted by atomic mass is 14.1. The zero-order valence-corrected chi connectivity index (χ0v) is 18.2. The van der Waals surface area contributed by atoms with Crippen molar-refractivity contribution in [2.75, 3.05) is 0 Å². The molecule has 24 heavy (non-hydrogen) atoms. The summed E-state index contributed by atoms with van der Waals surface area (Å²) in [5.74, 6) is 3.72. The Balaban J connectivity index is 3.47. The molecule has 0 N–H and O–H groups in total. The lowest BCUT2D eigenvalue weighted by molar-refractivity contribution is 0.371. The summed E-state index contributed by atoms with van der Waals surface area (Å²) in [6.45, 7) is 14.4. The molecular weight excluding hydrogens is 288 g/mol. The SMILES string of the molecule is CCCCCCC(C)CCCC(C)CCCC(C)CCCC(C)C. The van der Waals surface area contributed by atoms with Gasteiger partial charge in [-0.3, -0.25) is 0 Å². The highest BCUT2D eigenvalue weighted by Crippen LogP contribution is 2.23. The van der Waals surface area contributed by atoms with Crippen molar-refractivity contribution in [2.45, 2.75) is 131 Å². The molecule has 0 aliphatic carbocycles. The van der Waals surface area contributed by atoms with Crippen molar-refractivity contribution >= 4 is 0 Å². The zero-order valence-electron chi connectivity index (χ0n) is 18.2. The Kier molecular flexibility index (Phi) is 16.5. The first-order chi connectivity index (χ1) is 11.5. The van der Waals surface area contributed by atoms with E-state index in [9.17, 15) is 0 Å². The van der Waals surface area contributed by atoms with Gasteiger partial charge in [0.15, 0.2) is 0 Å². The molecule has 0 aromatic heterocycles. The maximum atomic E-state index is 2.48. The van der Waals surface area contributed by atoms with Crippen LogP contribution in [0, 0.1) is 23.7 Å². The summed E-state index contributed by atoms with van der Waals surface area (Å²) < 4.78 is 0. The fraction of sp³-hybridized carbons (Fsp3) is 1.00. The van der Waals surface area contributed by atoms with E-state index in [2.05, 4.69) is 41.5 Å². The third-order valence-corrected chi connectivity index (χ3v) is 5.82. The molecule has 0 bridgehead atoms. The van der Waals surface area contributed by atoms with Gasteiger partial charge in [0.1, 0.15) is 0 Å². The average Bonchev–Trinajstić information content (AvgIpc) is 2.51. The van der Waals surface area contributed by atoms with Crippen LogP contribution < -0.4 is 0 Å². The molecular formula is C24H50. The molecule has 0 aliphatic rings. The average molecular weight is 339 g/mol. The fourth-order valence-electron chi connectivity index (χ4n) is 3.86. The minimum Gasteiger partial charge on any atom is -0.0654 e. The molecule has 0 saturated carbocycles. The lowest BCUT2D eigenvalue weighted by Gasteiger charge is -2.16. The Morgan fingerprint density at radius 1 is 0.417 bits per heavy atom. The Bertz CT molecular complexity index is 242. The Labute approximate surface area is 155 Å². The van der Waals surface area contributed by atoms with Gasteiger partial charge < -0.3 is 0 Å². The third kappa shape index (κ3) is 16.8. The van der Waals surface area contributed by atoms with Gasteiger partial charge in [0, 0.05) is 0 Å². The third-order valence-electron chi connectivity index (χ3n) is 5.82. The molecule has 0 amide bonds. The van der Waals surface area contributed by atoms with Crippen LogP contribution in [0.1, 0.15) is 131 Å². The summed E-state index contributed by atoms with van der Waals surface area (Å²) >= 11 is 0. The summed E-state index contributed by atoms with van der Waals surface area (Å²) in [6, 6.07) is 0. The fourth-order valence-corrected chi connectivity index (χ4v) is 3.86. The van der Waals surface area contributed by atoms with Crippen LogP contribution in [0.5, 0.6) is 0 Å². The summed E-state index contributed by atoms with van der Waals surface area (Å²) in [4.78, 5) is 0. The Morgan fingerprint density at radius 3 is 1.17 bits per heavy atom. The van der Waals surface area contributed by atoms with Crippen molar-refractivity contribution in [1.29, 1.82) is 0 Å². The lowest BCUT2D eigenvalue weighted by atomic mass is 9.90. The van der Waals surface area contributed by atoms with E-state index in [1.165, 1.54) is 89.9 Å². The first-order valence-corrected chi connectivity index (χ1v) is 11.5. The van der Waals surface area contributed by atoms with Gasteiger partial charge in [0.2, 0.25) is 0 Å². The minimum absolute atomic E-state index is 0.881. The molecule has 0 nitrogen and oxygen atoms in total. The minimum atomic E-state index is 0.881. The van der Waals surface area contributed by atoms with E-state index in [0.717, 1.165) is 23.7 Å². The van der Waals surface area contributed by atoms with Crippen LogP contribution in [0.4, 0.5) is 0 Å². The highest BCUT2D eigenvalue weighted by molar-refractivity contribution is 4.61. The zero-order chi connectivity index (χ0) is 18.2. The molecule has 0 spiro atoms. The van der Waals surface area contributed by atoms with Crippen molar-refractivity contribution < 1.29 is 0 Å². The maximum Gasteiger partial charge on any atom is -0.0443 e. The summed E-state index contributed by atoms with van der Waals surface area (Å²) in [5.41, 5.74) is 0. The maximum absolute atomic E-state index is 2.48. The molecule has 0 rings (SSSR count). The largest absolute Gasteiger partial charge is 0.0654 e. The van der Waals surface area contributed by atoms with Crippen molar-refractivity contribution in [3.8, 4) is 0 Å². The highest BCUT2D eigenvalue weighted by Gasteiger charge is 2.08. The summed E-state index contributed by atoms with van der Waals surface area (Å²) in [5, 5.41) is 0. The molecule has 0 aliphatic heterocycles. The van der Waals surface area contributed by atoms with Gasteiger partial charge in [-0.05, 0) is 23.7 Å². The van der Waals surface area contributed by atoms with Gasteiger partial charge in [-0.2, -0.15) is 0 Å². The van der Waals surface area contributed by atoms with Crippen LogP contribution in [0.3, 0.4) is 0 Å². The normalized spacial score (nSPS) is 15.6. The second-order valence-corrected chi connectivity index (χ2v) is 9.35. The van der Waals surface area contributed by atoms with Crippen molar-refractivity contribution in [3.05, 3.63) is 0 Å². The quantitative estimate of drug-likeness (QED) is 0.232. The predicted molar refractivity (Wildman–Crippen MR) is 113 cm³/mol. The first kappa shape index (κ1) is 24.0. The number of rotatable bonds is 17. The van der Waals surface area contributed by atoms with Gasteiger partial charge in [-0.1, -0.05) is 131 Å². The van der Waals surface area contributed by atoms with Gasteiger partial charge >= 0.3 is 0 Å². The monoisotopic (exact) mass is 338 g/mol. The molecule has 0 radical (unpaired) electrons. The topological polar surface area (TPSA) is 0 Å². The van der Waals surface area contributed by atoms with Gasteiger partial charge in [-0.25, -0.2) is 0 Å². The molecule has 0 saturated heterocycles. The van der Waals surface area contributed by atoms with E-state index in [-0.39, 0.29) is 0 Å². The molecule has 146 valence electrons. The van der Waals surface area contributed by atoms with Crippen molar-refractivity contribution in [1.82, 2.24) is 0 Å². The van der Waals surface area contributed by atoms with E-state index in [4.69, 9.17) is 0 Å². The van der Waals surface area contributed by atoms with Gasteiger partial charge in [-0.15, -0.1) is 0 Å². The summed E-state index contributed by atoms with van der Waals surface area (Å²) in [7, 11) is 0. The number of hydrogen-bond donors (Lipinski definition) is 0. The lowest BCUT2D eigenvalue weighted by Crippen LogP contribution is -2.01. The smallest absolute Gasteiger partial charge is 0.0443 e. The van der Waals surface area contributed by atoms with Gasteiger partial charge in [0.05, 0.1) is 0 Å². The molecule has 0 aromatic carbocycles. The van der Waals surface area contributed by atoms with Crippen LogP contribution in [0.15, 0.2) is 0 Å². The Morgan fingerprint density at radius 2 is 0.792 bits per heavy atom. The van der Waals surface area contributed by atoms with E-state index < -0.39 is 0 Å². The van der Waals surface area contributed by atoms with E-state index in [1.807, 2.05) is 0 Å². The molecule has 3 atom stereocenters. The first-order valence-electron chi connectivity index (χ1n) is 11.5. The van der Waals surface area contributed by atoms with Crippen molar-refractivity contribution in [3.63, 3.8) is 0 Å². The predicted octanol–water partition coefficient (Wildman–Crippen LogP) is 9.03. The molecule has 0 heterocycles. The summed E-state index contributed by atoms with van der Waals surface area (Å²) in [6.07, 6.45) is 20.2. The second-order valence-electron chi connectivity index (χ2n) is 9.35. The molecule has 0 heteroatoms. The van der Waals surface area contributed by atoms with Crippen LogP contribution >= 0.6 is 0 Å². The van der Waals surface area contributed by atoms with E-state index in [0.29, 0.717) is 0 Å². The second kappa shape index (κ2) is 16.5. The van der Waals surface area contributed by atoms with Crippen LogP contribution in [-0.4, -0.2) is 0 Å². The van der Waals surface area contributed by atoms with E-state index >= 15 is 0 Å². The molecule has 0 aromatic rings. The van der Waals surface area contributed by atoms with Gasteiger partial charge in [0.25, 0.3) is 0 Å². The number of unbranched alkanes of at least 4 members (excludes halogenated alkanes) is 3. The van der Waals surface area contributed by atoms with Crippen molar-refractivity contribution in [2.24, 2.45) is 23.7 Å². The standard InChI is InChI=1S/C24H50/c1-7-8-9-10-15-22(4)17-12-19-24(6)20-13-18-23(5)16-11-14-21(2)3/h21-24H,7-20H2,1-6H3. The van der Waals surface area contributed by atoms with Crippen LogP contribution in [0.2, 0.25) is 0 Å². The number of hydrogen-bond acceptors (Lipinski definition) is 0. The van der Waals surface area contributed by atoms with Crippen LogP contribution in [0.25, 0.3) is 0 Å². The molecule has 3 unspecified atom stereocenters. The van der Waals surface area contributed by atoms with Crippen LogP contribution in [-0.2, 0) is 0 Å². The molecule has 0 fully saturated rings. The Hall–Kier alpha value is 0.